The summed E-state index contributed by atoms with van der Waals surface area (Å²) in [6, 6.07) is 6.40. The minimum absolute atomic E-state index is 0.365. The number of nitrogens with zero attached hydrogens (tertiary/aromatic N) is 2. The number of aromatic nitrogens is 1. The molecule has 1 aromatic heterocycles. The Morgan fingerprint density at radius 1 is 1.26 bits per heavy atom. The van der Waals surface area contributed by atoms with E-state index in [1.165, 1.54) is 16.7 Å². The van der Waals surface area contributed by atoms with Gasteiger partial charge in [0.2, 0.25) is 5.91 Å². The molecule has 2 aromatic rings. The van der Waals surface area contributed by atoms with Crippen molar-refractivity contribution in [2.75, 3.05) is 0 Å². The molecule has 2 fully saturated rings. The van der Waals surface area contributed by atoms with Gasteiger partial charge in [-0.2, -0.15) is 0 Å². The number of carbonyl (C=O) groups is 3. The summed E-state index contributed by atoms with van der Waals surface area (Å²) >= 11 is 1.32. The number of carboxylic acids is 1. The summed E-state index contributed by atoms with van der Waals surface area (Å²) in [6.07, 6.45) is 0.156. The first-order valence-corrected chi connectivity index (χ1v) is 9.52. The molecule has 2 aliphatic rings. The molecule has 4 rings (SSSR count). The molecule has 2 saturated heterocycles. The third kappa shape index (κ3) is 2.43. The fourth-order valence-corrected chi connectivity index (χ4v) is 5.91. The van der Waals surface area contributed by atoms with Crippen molar-refractivity contribution < 1.29 is 24.6 Å². The fourth-order valence-electron chi connectivity index (χ4n) is 4.19. The molecule has 2 aliphatic heterocycles. The number of fused-ring (bicyclic) bond motifs is 2. The van der Waals surface area contributed by atoms with Crippen molar-refractivity contribution in [3.8, 4) is 0 Å². The van der Waals surface area contributed by atoms with Gasteiger partial charge in [0, 0.05) is 34.5 Å². The molecule has 0 aliphatic carbocycles. The van der Waals surface area contributed by atoms with Crippen molar-refractivity contribution in [3.63, 3.8) is 0 Å². The molecule has 0 radical (unpaired) electrons. The number of aryl methyl sites for hydroxylation is 1. The van der Waals surface area contributed by atoms with E-state index >= 15 is 0 Å². The Balaban J connectivity index is 1.64. The van der Waals surface area contributed by atoms with Gasteiger partial charge in [0.05, 0.1) is 5.37 Å². The van der Waals surface area contributed by atoms with Gasteiger partial charge in [-0.05, 0) is 19.9 Å². The topological polar surface area (TPSA) is 99.8 Å². The Morgan fingerprint density at radius 3 is 2.59 bits per heavy atom. The number of para-hydroxylation sites is 1. The van der Waals surface area contributed by atoms with E-state index in [4.69, 9.17) is 0 Å². The van der Waals surface area contributed by atoms with E-state index in [0.717, 1.165) is 10.9 Å². The van der Waals surface area contributed by atoms with Crippen molar-refractivity contribution >= 4 is 40.3 Å². The number of hydrogen-bond donors (Lipinski definition) is 2. The highest BCUT2D eigenvalue weighted by Crippen LogP contribution is 2.54. The van der Waals surface area contributed by atoms with Gasteiger partial charge >= 0.3 is 5.97 Å². The second-order valence-corrected chi connectivity index (χ2v) is 9.37. The first-order chi connectivity index (χ1) is 12.6. The van der Waals surface area contributed by atoms with Crippen LogP contribution in [-0.2, 0) is 16.6 Å². The maximum absolute atomic E-state index is 13.0. The summed E-state index contributed by atoms with van der Waals surface area (Å²) < 4.78 is 1.11. The summed E-state index contributed by atoms with van der Waals surface area (Å²) in [4.78, 5) is 38.5. The largest absolute Gasteiger partial charge is 0.480 e. The molecular formula is C19H20N2O5S. The Kier molecular flexibility index (Phi) is 3.91. The molecule has 7 nitrogen and oxygen atoms in total. The van der Waals surface area contributed by atoms with Crippen molar-refractivity contribution in [1.29, 1.82) is 0 Å². The Bertz CT molecular complexity index is 982. The molecule has 3 heterocycles. The molecule has 0 spiro atoms. The van der Waals surface area contributed by atoms with Gasteiger partial charge in [-0.1, -0.05) is 18.2 Å². The number of Topliss-reactive ketones (excluding diaryl/α,β-unsaturated/α-hetero) is 1. The summed E-state index contributed by atoms with van der Waals surface area (Å²) in [5.74, 6) is -2.99. The van der Waals surface area contributed by atoms with Gasteiger partial charge in [-0.15, -0.1) is 11.8 Å². The van der Waals surface area contributed by atoms with Crippen LogP contribution in [0, 0.1) is 5.92 Å². The van der Waals surface area contributed by atoms with Crippen molar-refractivity contribution in [1.82, 2.24) is 9.47 Å². The molecule has 1 aromatic carbocycles. The van der Waals surface area contributed by atoms with Crippen LogP contribution in [0.15, 0.2) is 30.5 Å². The SMILES string of the molecule is Cn1cc(C(=O)[C@@H](O)[C@@H]2C(=O)N3[C@@H]2SC(C)(C)[C@@H]3C(=O)O)c2ccccc21. The summed E-state index contributed by atoms with van der Waals surface area (Å²) in [7, 11) is 1.81. The third-order valence-electron chi connectivity index (χ3n) is 5.49. The van der Waals surface area contributed by atoms with Crippen LogP contribution in [0.2, 0.25) is 0 Å². The minimum Gasteiger partial charge on any atom is -0.480 e. The van der Waals surface area contributed by atoms with E-state index in [1.54, 1.807) is 30.7 Å². The Hall–Kier alpha value is -2.32. The molecule has 1 amide bonds. The fraction of sp³-hybridized carbons (Fsp3) is 0.421. The highest BCUT2D eigenvalue weighted by Gasteiger charge is 2.66. The van der Waals surface area contributed by atoms with Crippen LogP contribution >= 0.6 is 11.8 Å². The lowest BCUT2D eigenvalue weighted by Gasteiger charge is -2.45. The summed E-state index contributed by atoms with van der Waals surface area (Å²) in [6.45, 7) is 3.52. The molecule has 0 saturated carbocycles. The first-order valence-electron chi connectivity index (χ1n) is 8.64. The molecule has 27 heavy (non-hydrogen) atoms. The van der Waals surface area contributed by atoms with Gasteiger partial charge in [-0.25, -0.2) is 4.79 Å². The zero-order valence-electron chi connectivity index (χ0n) is 15.1. The number of amides is 1. The number of aliphatic carboxylic acids is 1. The predicted octanol–water partition coefficient (Wildman–Crippen LogP) is 1.48. The molecule has 0 unspecified atom stereocenters. The first kappa shape index (κ1) is 18.1. The molecule has 8 heteroatoms. The standard InChI is InChI=1S/C19H20N2O5S/c1-19(2)15(18(25)26)21-16(24)12(17(21)27-19)14(23)13(22)10-8-20(3)11-7-5-4-6-9(10)11/h4-8,12,14-15,17,23H,1-3H3,(H,25,26)/t12-,14+,15+,17-/m1/s1. The van der Waals surface area contributed by atoms with Gasteiger partial charge in [0.15, 0.2) is 5.78 Å². The number of benzene rings is 1. The maximum Gasteiger partial charge on any atom is 0.327 e. The van der Waals surface area contributed by atoms with Gasteiger partial charge < -0.3 is 19.7 Å². The van der Waals surface area contributed by atoms with Crippen LogP contribution in [0.1, 0.15) is 24.2 Å². The van der Waals surface area contributed by atoms with Crippen molar-refractivity contribution in [2.24, 2.45) is 13.0 Å². The molecule has 0 bridgehead atoms. The summed E-state index contributed by atoms with van der Waals surface area (Å²) in [5, 5.41) is 20.4. The van der Waals surface area contributed by atoms with E-state index in [2.05, 4.69) is 0 Å². The average Bonchev–Trinajstić information content (AvgIpc) is 3.06. The van der Waals surface area contributed by atoms with Crippen LogP contribution in [0.5, 0.6) is 0 Å². The van der Waals surface area contributed by atoms with E-state index in [-0.39, 0.29) is 0 Å². The molecular weight excluding hydrogens is 368 g/mol. The van der Waals surface area contributed by atoms with Gasteiger partial charge in [0.1, 0.15) is 18.1 Å². The van der Waals surface area contributed by atoms with E-state index in [1.807, 2.05) is 25.2 Å². The van der Waals surface area contributed by atoms with Gasteiger partial charge in [-0.3, -0.25) is 9.59 Å². The van der Waals surface area contributed by atoms with E-state index < -0.39 is 45.8 Å². The number of aliphatic hydroxyl groups is 1. The maximum atomic E-state index is 13.0. The third-order valence-corrected chi connectivity index (χ3v) is 7.08. The number of β-lactam (4-membered cyclic amide) rings is 1. The number of aliphatic hydroxyl groups excluding tert-OH is 1. The van der Waals surface area contributed by atoms with Crippen LogP contribution in [0.3, 0.4) is 0 Å². The van der Waals surface area contributed by atoms with Crippen LogP contribution in [-0.4, -0.2) is 59.6 Å². The highest BCUT2D eigenvalue weighted by molar-refractivity contribution is 8.01. The number of carbonyl (C=O) groups excluding carboxylic acids is 2. The summed E-state index contributed by atoms with van der Waals surface area (Å²) in [5.41, 5.74) is 1.22. The van der Waals surface area contributed by atoms with Crippen LogP contribution < -0.4 is 0 Å². The smallest absolute Gasteiger partial charge is 0.327 e. The number of ketones is 1. The molecule has 142 valence electrons. The van der Waals surface area contributed by atoms with Gasteiger partial charge in [0.25, 0.3) is 0 Å². The number of thioether (sulfide) groups is 1. The second kappa shape index (κ2) is 5.84. The zero-order valence-corrected chi connectivity index (χ0v) is 15.9. The van der Waals surface area contributed by atoms with E-state index in [0.29, 0.717) is 5.56 Å². The monoisotopic (exact) mass is 388 g/mol. The number of hydrogen-bond acceptors (Lipinski definition) is 5. The minimum atomic E-state index is -1.50. The lowest BCUT2D eigenvalue weighted by Crippen LogP contribution is -2.66. The normalized spacial score (nSPS) is 27.3. The average molecular weight is 388 g/mol. The van der Waals surface area contributed by atoms with Crippen LogP contribution in [0.25, 0.3) is 10.9 Å². The Morgan fingerprint density at radius 2 is 1.93 bits per heavy atom. The molecule has 4 atom stereocenters. The highest BCUT2D eigenvalue weighted by atomic mass is 32.2. The van der Waals surface area contributed by atoms with E-state index in [9.17, 15) is 24.6 Å². The Labute approximate surface area is 159 Å². The van der Waals surface area contributed by atoms with Crippen molar-refractivity contribution in [3.05, 3.63) is 36.0 Å². The van der Waals surface area contributed by atoms with Crippen molar-refractivity contribution in [2.45, 2.75) is 36.1 Å². The zero-order chi connectivity index (χ0) is 19.7. The van der Waals surface area contributed by atoms with Crippen LogP contribution in [0.4, 0.5) is 0 Å². The second-order valence-electron chi connectivity index (χ2n) is 7.60. The lowest BCUT2D eigenvalue weighted by molar-refractivity contribution is -0.167. The quantitative estimate of drug-likeness (QED) is 0.608. The molecule has 2 N–H and O–H groups in total. The predicted molar refractivity (Wildman–Crippen MR) is 100 cm³/mol. The number of rotatable bonds is 4. The lowest BCUT2D eigenvalue weighted by atomic mass is 9.85. The number of carboxylic acid groups (broad SMARTS) is 1.